The molecule has 2 aliphatic heterocycles. The van der Waals surface area contributed by atoms with E-state index in [1.54, 1.807) is 37.2 Å². The summed E-state index contributed by atoms with van der Waals surface area (Å²) in [6.45, 7) is 6.05. The van der Waals surface area contributed by atoms with Crippen molar-refractivity contribution in [3.8, 4) is 0 Å². The largest absolute Gasteiger partial charge is 0.748 e. The van der Waals surface area contributed by atoms with Crippen molar-refractivity contribution < 1.29 is 95.6 Å². The van der Waals surface area contributed by atoms with Crippen molar-refractivity contribution in [3.05, 3.63) is 149 Å². The van der Waals surface area contributed by atoms with Crippen LogP contribution in [0.15, 0.2) is 146 Å². The Morgan fingerprint density at radius 1 is 0.659 bits per heavy atom. The Morgan fingerprint density at radius 2 is 1.22 bits per heavy atom. The van der Waals surface area contributed by atoms with Gasteiger partial charge in [0.1, 0.15) is 16.3 Å². The van der Waals surface area contributed by atoms with Crippen LogP contribution in [0.4, 0.5) is 11.4 Å². The van der Waals surface area contributed by atoms with Gasteiger partial charge in [-0.1, -0.05) is 38.1 Å². The first-order valence-corrected chi connectivity index (χ1v) is 35.4. The summed E-state index contributed by atoms with van der Waals surface area (Å²) in [5.74, 6) is -2.26. The van der Waals surface area contributed by atoms with Gasteiger partial charge in [0.05, 0.1) is 41.7 Å². The number of primary sulfonamides is 1. The highest BCUT2D eigenvalue weighted by Crippen LogP contribution is 2.52. The molecule has 8 N–H and O–H groups in total. The Balaban J connectivity index is 1.36. The molecule has 454 valence electrons. The fraction of sp³-hybridized carbons (Fsp3) is 0.250. The highest BCUT2D eigenvalue weighted by Gasteiger charge is 2.47. The van der Waals surface area contributed by atoms with E-state index in [2.05, 4.69) is 10.3 Å². The summed E-state index contributed by atoms with van der Waals surface area (Å²) in [7, 11) is -34.1. The Hall–Kier alpha value is -6.70. The number of sulfonamides is 1. The Morgan fingerprint density at radius 3 is 1.75 bits per heavy atom. The number of hydrogen-bond donors (Lipinski definition) is 7. The van der Waals surface area contributed by atoms with E-state index in [1.165, 1.54) is 91.2 Å². The molecule has 0 fully saturated rings. The molecule has 6 aromatic rings. The van der Waals surface area contributed by atoms with Gasteiger partial charge in [0.15, 0.2) is 5.71 Å². The van der Waals surface area contributed by atoms with Crippen LogP contribution in [-0.4, -0.2) is 132 Å². The number of pyridine rings is 1. The number of allylic oxidation sites excluding steroid dienone is 6. The number of benzene rings is 5. The van der Waals surface area contributed by atoms with Crippen molar-refractivity contribution in [1.29, 1.82) is 0 Å². The van der Waals surface area contributed by atoms with E-state index >= 15 is 0 Å². The standard InChI is InChI=1S/C52H53N5O21S7/c1-51(2)46(56(21-5-23-79(59,60)61)42-15-13-37-39(48(42)51)26-35(82(67,68)69)28-44(37)84(73,74)75)17-9-32(41-25-33(19-20-54-41)50(58)55-30-31-7-11-34(12-8-31)81(53,65)66)10-18-47-52(3,4)49-40-27-36(83(70,71)72)29-45(85(76,77)78)38(40)14-16-43(49)57(47)22-6-24-80(62,63)64/h7-20,25-29H,5-6,21-24,30H2,1-4H3,(H8-,53,55,58,59,60,61,62,63,64,65,66,67,68,69,70,71,72,73,74,75,76,77,78). The van der Waals surface area contributed by atoms with Gasteiger partial charge < -0.3 is 14.8 Å². The van der Waals surface area contributed by atoms with E-state index in [0.29, 0.717) is 23.4 Å². The highest BCUT2D eigenvalue weighted by atomic mass is 32.2. The number of nitrogens with two attached hydrogens (primary N) is 1. The molecular formula is C52H53N5O21S7. The molecule has 1 amide bonds. The number of rotatable bonds is 20. The third-order valence-electron chi connectivity index (χ3n) is 14.4. The summed E-state index contributed by atoms with van der Waals surface area (Å²) in [6, 6.07) is 16.6. The summed E-state index contributed by atoms with van der Waals surface area (Å²) in [5, 5.41) is 7.44. The summed E-state index contributed by atoms with van der Waals surface area (Å²) >= 11 is 0. The third-order valence-corrected chi connectivity index (χ3v) is 20.3. The molecule has 85 heavy (non-hydrogen) atoms. The lowest BCUT2D eigenvalue weighted by molar-refractivity contribution is -0.437. The number of anilines is 1. The van der Waals surface area contributed by atoms with Crippen molar-refractivity contribution in [3.63, 3.8) is 0 Å². The van der Waals surface area contributed by atoms with Gasteiger partial charge >= 0.3 is 0 Å². The van der Waals surface area contributed by atoms with Gasteiger partial charge in [-0.2, -0.15) is 46.7 Å². The maximum absolute atomic E-state index is 13.9. The predicted octanol–water partition coefficient (Wildman–Crippen LogP) is 4.86. The van der Waals surface area contributed by atoms with Crippen LogP contribution in [0.1, 0.15) is 73.3 Å². The number of aromatic nitrogens is 1. The van der Waals surface area contributed by atoms with Gasteiger partial charge in [0.25, 0.3) is 56.5 Å². The van der Waals surface area contributed by atoms with Crippen molar-refractivity contribution in [1.82, 2.24) is 10.3 Å². The number of hydrogen-bond acceptors (Lipinski definition) is 18. The van der Waals surface area contributed by atoms with Crippen LogP contribution in [0, 0.1) is 0 Å². The number of nitrogens with one attached hydrogen (secondary N) is 1. The number of amides is 1. The van der Waals surface area contributed by atoms with E-state index < -0.39 is 119 Å². The lowest BCUT2D eigenvalue weighted by atomic mass is 9.79. The van der Waals surface area contributed by atoms with E-state index in [4.69, 9.17) is 5.14 Å². The van der Waals surface area contributed by atoms with Crippen molar-refractivity contribution in [2.75, 3.05) is 29.5 Å². The quantitative estimate of drug-likeness (QED) is 0.0305. The van der Waals surface area contributed by atoms with E-state index in [-0.39, 0.29) is 104 Å². The van der Waals surface area contributed by atoms with E-state index in [1.807, 2.05) is 0 Å². The Labute approximate surface area is 489 Å². The smallest absolute Gasteiger partial charge is 0.295 e. The van der Waals surface area contributed by atoms with Gasteiger partial charge in [0, 0.05) is 87.9 Å². The fourth-order valence-electron chi connectivity index (χ4n) is 10.7. The number of carbonyl (C=O) groups is 1. The van der Waals surface area contributed by atoms with E-state index in [9.17, 15) is 91.0 Å². The van der Waals surface area contributed by atoms with Crippen LogP contribution in [0.5, 0.6) is 0 Å². The Kier molecular flexibility index (Phi) is 17.1. The average molecular weight is 1310 g/mol. The predicted molar refractivity (Wildman–Crippen MR) is 309 cm³/mol. The second-order valence-corrected chi connectivity index (χ2v) is 31.1. The van der Waals surface area contributed by atoms with Crippen LogP contribution in [0.2, 0.25) is 0 Å². The van der Waals surface area contributed by atoms with Crippen LogP contribution >= 0.6 is 0 Å². The van der Waals surface area contributed by atoms with Crippen molar-refractivity contribution >= 4 is 121 Å². The molecule has 0 saturated carbocycles. The van der Waals surface area contributed by atoms with Crippen LogP contribution < -0.4 is 15.4 Å². The van der Waals surface area contributed by atoms with Gasteiger partial charge in [-0.25, -0.2) is 22.0 Å². The van der Waals surface area contributed by atoms with Crippen molar-refractivity contribution in [2.45, 2.75) is 82.4 Å². The molecule has 0 unspecified atom stereocenters. The number of nitrogens with zero attached hydrogens (tertiary/aromatic N) is 3. The monoisotopic (exact) mass is 1310 g/mol. The highest BCUT2D eigenvalue weighted by molar-refractivity contribution is 7.89. The number of fused-ring (bicyclic) bond motifs is 6. The SMILES string of the molecule is CC1(C)C(=CC=C(C=CC2=[N+](CCCS(=O)(=O)[O-])c3ccc4c(S(=O)(=O)O)cc(S(=O)(=O)O)cc4c3C2(C)C)c2cc(C(=O)NCc3ccc(S(N)(=O)=O)cc3)ccn2)N(CCCS(=O)(=O)O)c2ccc3c(S(=O)(=O)O)cc(S(=O)(=O)O)cc3c21. The molecule has 5 aromatic carbocycles. The van der Waals surface area contributed by atoms with Crippen LogP contribution in [0.25, 0.3) is 27.1 Å². The topological polar surface area (TPSA) is 437 Å². The minimum absolute atomic E-state index is 0.0201. The normalized spacial score (nSPS) is 16.4. The second-order valence-electron chi connectivity index (χ2n) is 20.9. The maximum Gasteiger partial charge on any atom is 0.295 e. The molecule has 33 heteroatoms. The zero-order valence-electron chi connectivity index (χ0n) is 45.0. The van der Waals surface area contributed by atoms with E-state index in [0.717, 1.165) is 12.1 Å². The average Bonchev–Trinajstić information content (AvgIpc) is 1.65. The number of carbonyl (C=O) groups excluding carboxylic acids is 1. The molecule has 1 aromatic heterocycles. The minimum atomic E-state index is -5.19. The molecule has 0 bridgehead atoms. The maximum atomic E-state index is 13.9. The molecular weight excluding hydrogens is 1260 g/mol. The third kappa shape index (κ3) is 13.8. The summed E-state index contributed by atoms with van der Waals surface area (Å²) in [4.78, 5) is 16.3. The zero-order chi connectivity index (χ0) is 63.0. The van der Waals surface area contributed by atoms with Gasteiger partial charge in [-0.05, 0) is 115 Å². The molecule has 0 atom stereocenters. The molecule has 0 aliphatic carbocycles. The van der Waals surface area contributed by atoms with Gasteiger partial charge in [0.2, 0.25) is 15.7 Å². The van der Waals surface area contributed by atoms with Crippen LogP contribution in [-0.2, 0) is 88.1 Å². The molecule has 26 nitrogen and oxygen atoms in total. The molecule has 0 radical (unpaired) electrons. The van der Waals surface area contributed by atoms with Gasteiger partial charge in [-0.15, -0.1) is 0 Å². The molecule has 0 saturated heterocycles. The van der Waals surface area contributed by atoms with Crippen molar-refractivity contribution in [2.24, 2.45) is 5.14 Å². The fourth-order valence-corrected chi connectivity index (χ4v) is 14.8. The first-order valence-electron chi connectivity index (χ1n) is 24.9. The first kappa shape index (κ1) is 64.3. The Bertz CT molecular complexity index is 4810. The second kappa shape index (κ2) is 22.5. The van der Waals surface area contributed by atoms with Gasteiger partial charge in [-0.3, -0.25) is 32.5 Å². The summed E-state index contributed by atoms with van der Waals surface area (Å²) in [6.07, 6.45) is 6.80. The first-order chi connectivity index (χ1) is 39.0. The zero-order valence-corrected chi connectivity index (χ0v) is 50.7. The minimum Gasteiger partial charge on any atom is -0.748 e. The molecule has 0 spiro atoms. The molecule has 8 rings (SSSR count). The lowest BCUT2D eigenvalue weighted by Gasteiger charge is -2.27. The summed E-state index contributed by atoms with van der Waals surface area (Å²) < 4.78 is 238. The van der Waals surface area contributed by atoms with Crippen LogP contribution in [0.3, 0.4) is 0 Å². The molecule has 2 aliphatic rings. The lowest BCUT2D eigenvalue weighted by Crippen LogP contribution is -2.28. The molecule has 3 heterocycles. The summed E-state index contributed by atoms with van der Waals surface area (Å²) in [5.41, 5.74) is -0.528.